The molecule has 1 aromatic rings. The zero-order chi connectivity index (χ0) is 12.6. The number of hydrogen-bond acceptors (Lipinski definition) is 4. The number of amides is 1. The third-order valence-electron chi connectivity index (χ3n) is 3.57. The first-order valence-electron chi connectivity index (χ1n) is 5.99. The van der Waals surface area contributed by atoms with Crippen LogP contribution in [0, 0.1) is 0 Å². The van der Waals surface area contributed by atoms with Crippen molar-refractivity contribution in [3.63, 3.8) is 0 Å². The Labute approximate surface area is 105 Å². The molecule has 2 aliphatic rings. The van der Waals surface area contributed by atoms with Gasteiger partial charge in [-0.05, 0) is 24.1 Å². The van der Waals surface area contributed by atoms with Crippen LogP contribution >= 0.6 is 0 Å². The van der Waals surface area contributed by atoms with E-state index in [4.69, 9.17) is 14.6 Å². The van der Waals surface area contributed by atoms with E-state index in [-0.39, 0.29) is 24.5 Å². The third-order valence-corrected chi connectivity index (χ3v) is 3.57. The van der Waals surface area contributed by atoms with Gasteiger partial charge in [0.1, 0.15) is 5.75 Å². The lowest BCUT2D eigenvalue weighted by atomic mass is 9.76. The van der Waals surface area contributed by atoms with Crippen LogP contribution in [0.1, 0.15) is 12.0 Å². The fraction of sp³-hybridized carbons (Fsp3) is 0.462. The molecule has 0 spiro atoms. The van der Waals surface area contributed by atoms with Gasteiger partial charge in [0.05, 0.1) is 18.9 Å². The van der Waals surface area contributed by atoms with E-state index in [9.17, 15) is 4.79 Å². The minimum atomic E-state index is -0.138. The number of nitrogens with one attached hydrogen (secondary N) is 1. The van der Waals surface area contributed by atoms with Gasteiger partial charge in [0.2, 0.25) is 0 Å². The van der Waals surface area contributed by atoms with Crippen molar-refractivity contribution in [3.05, 3.63) is 23.8 Å². The van der Waals surface area contributed by atoms with Crippen LogP contribution in [0.15, 0.2) is 18.2 Å². The number of ether oxygens (including phenoxy) is 2. The van der Waals surface area contributed by atoms with Gasteiger partial charge in [0.25, 0.3) is 5.91 Å². The smallest absolute Gasteiger partial charge is 0.262 e. The van der Waals surface area contributed by atoms with Gasteiger partial charge < -0.3 is 19.9 Å². The maximum atomic E-state index is 11.3. The number of aliphatic hydroxyl groups excluding tert-OH is 1. The van der Waals surface area contributed by atoms with Gasteiger partial charge in [-0.2, -0.15) is 0 Å². The van der Waals surface area contributed by atoms with Gasteiger partial charge in [-0.25, -0.2) is 0 Å². The summed E-state index contributed by atoms with van der Waals surface area (Å²) in [6, 6.07) is 5.76. The van der Waals surface area contributed by atoms with Gasteiger partial charge in [-0.1, -0.05) is 6.07 Å². The third kappa shape index (κ3) is 1.76. The monoisotopic (exact) mass is 249 g/mol. The lowest BCUT2D eigenvalue weighted by Gasteiger charge is -2.42. The lowest BCUT2D eigenvalue weighted by Crippen LogP contribution is -2.47. The molecule has 5 nitrogen and oxygen atoms in total. The Morgan fingerprint density at radius 1 is 1.39 bits per heavy atom. The van der Waals surface area contributed by atoms with Gasteiger partial charge in [-0.15, -0.1) is 0 Å². The van der Waals surface area contributed by atoms with E-state index in [0.717, 1.165) is 5.56 Å². The van der Waals surface area contributed by atoms with Crippen LogP contribution in [0.3, 0.4) is 0 Å². The maximum absolute atomic E-state index is 11.3. The number of aliphatic hydroxyl groups is 1. The van der Waals surface area contributed by atoms with Gasteiger partial charge in [0, 0.05) is 12.0 Å². The molecule has 2 heterocycles. The molecule has 0 aromatic heterocycles. The highest BCUT2D eigenvalue weighted by atomic mass is 16.5. The van der Waals surface area contributed by atoms with Crippen LogP contribution < -0.4 is 10.1 Å². The van der Waals surface area contributed by atoms with E-state index in [1.165, 1.54) is 0 Å². The molecule has 0 unspecified atom stereocenters. The summed E-state index contributed by atoms with van der Waals surface area (Å²) in [5, 5.41) is 12.0. The summed E-state index contributed by atoms with van der Waals surface area (Å²) < 4.78 is 10.6. The van der Waals surface area contributed by atoms with Gasteiger partial charge in [-0.3, -0.25) is 4.79 Å². The van der Waals surface area contributed by atoms with Crippen molar-refractivity contribution in [1.29, 1.82) is 0 Å². The van der Waals surface area contributed by atoms with Crippen LogP contribution in [0.25, 0.3) is 0 Å². The van der Waals surface area contributed by atoms with Crippen LogP contribution in [-0.2, 0) is 14.9 Å². The van der Waals surface area contributed by atoms with Crippen molar-refractivity contribution >= 4 is 11.6 Å². The molecular weight excluding hydrogens is 234 g/mol. The molecule has 18 heavy (non-hydrogen) atoms. The first-order chi connectivity index (χ1) is 8.73. The highest BCUT2D eigenvalue weighted by Gasteiger charge is 2.40. The van der Waals surface area contributed by atoms with Crippen molar-refractivity contribution in [1.82, 2.24) is 0 Å². The van der Waals surface area contributed by atoms with Crippen molar-refractivity contribution in [2.45, 2.75) is 11.8 Å². The summed E-state index contributed by atoms with van der Waals surface area (Å²) in [6.07, 6.45) is 0.667. The first kappa shape index (κ1) is 11.5. The number of anilines is 1. The fourth-order valence-corrected chi connectivity index (χ4v) is 2.43. The van der Waals surface area contributed by atoms with Crippen LogP contribution in [-0.4, -0.2) is 37.4 Å². The number of carbonyl (C=O) groups excluding carboxylic acids is 1. The Morgan fingerprint density at radius 3 is 2.89 bits per heavy atom. The summed E-state index contributed by atoms with van der Waals surface area (Å²) in [7, 11) is 0. The molecule has 0 aliphatic carbocycles. The van der Waals surface area contributed by atoms with Gasteiger partial charge in [0.15, 0.2) is 6.61 Å². The van der Waals surface area contributed by atoms with Crippen molar-refractivity contribution < 1.29 is 19.4 Å². The molecule has 1 saturated heterocycles. The molecule has 0 radical (unpaired) electrons. The maximum Gasteiger partial charge on any atom is 0.262 e. The molecule has 0 atom stereocenters. The van der Waals surface area contributed by atoms with Crippen molar-refractivity contribution in [2.24, 2.45) is 0 Å². The predicted molar refractivity (Wildman–Crippen MR) is 64.8 cm³/mol. The van der Waals surface area contributed by atoms with E-state index in [2.05, 4.69) is 5.32 Å². The zero-order valence-electron chi connectivity index (χ0n) is 9.94. The minimum absolute atomic E-state index is 0.0667. The highest BCUT2D eigenvalue weighted by molar-refractivity contribution is 5.95. The number of hydrogen-bond donors (Lipinski definition) is 2. The number of benzene rings is 1. The number of rotatable bonds is 3. The Morgan fingerprint density at radius 2 is 2.22 bits per heavy atom. The summed E-state index contributed by atoms with van der Waals surface area (Å²) in [4.78, 5) is 11.3. The second-order valence-corrected chi connectivity index (χ2v) is 4.79. The van der Waals surface area contributed by atoms with Crippen LogP contribution in [0.5, 0.6) is 5.75 Å². The van der Waals surface area contributed by atoms with Crippen molar-refractivity contribution in [3.8, 4) is 5.75 Å². The molecule has 5 heteroatoms. The highest BCUT2D eigenvalue weighted by Crippen LogP contribution is 2.39. The molecule has 0 bridgehead atoms. The van der Waals surface area contributed by atoms with E-state index >= 15 is 0 Å². The Hall–Kier alpha value is -1.59. The molecule has 0 saturated carbocycles. The van der Waals surface area contributed by atoms with E-state index < -0.39 is 0 Å². The second kappa shape index (κ2) is 4.26. The quantitative estimate of drug-likeness (QED) is 0.826. The number of fused-ring (bicyclic) bond motifs is 1. The molecule has 2 N–H and O–H groups in total. The Bertz CT molecular complexity index is 482. The SMILES string of the molecule is O=C1COc2ccc(C3(CCO)COC3)cc2N1. The molecule has 2 aliphatic heterocycles. The molecule has 96 valence electrons. The van der Waals surface area contributed by atoms with Crippen LogP contribution in [0.4, 0.5) is 5.69 Å². The number of carbonyl (C=O) groups is 1. The molecule has 1 amide bonds. The molecule has 1 fully saturated rings. The molecule has 3 rings (SSSR count). The fourth-order valence-electron chi connectivity index (χ4n) is 2.43. The van der Waals surface area contributed by atoms with E-state index in [1.807, 2.05) is 18.2 Å². The summed E-state index contributed by atoms with van der Waals surface area (Å²) >= 11 is 0. The largest absolute Gasteiger partial charge is 0.482 e. The Kier molecular flexibility index (Phi) is 2.72. The normalized spacial score (nSPS) is 20.4. The average Bonchev–Trinajstić information content (AvgIpc) is 2.33. The minimum Gasteiger partial charge on any atom is -0.482 e. The van der Waals surface area contributed by atoms with E-state index in [1.54, 1.807) is 0 Å². The molecule has 1 aromatic carbocycles. The lowest BCUT2D eigenvalue weighted by molar-refractivity contribution is -0.118. The standard InChI is InChI=1S/C13H15NO4/c15-4-3-13(7-17-8-13)9-1-2-11-10(5-9)14-12(16)6-18-11/h1-2,5,15H,3-4,6-8H2,(H,14,16). The Balaban J connectivity index is 1.93. The summed E-state index contributed by atoms with van der Waals surface area (Å²) in [5.74, 6) is 0.554. The van der Waals surface area contributed by atoms with Crippen molar-refractivity contribution in [2.75, 3.05) is 31.7 Å². The summed E-state index contributed by atoms with van der Waals surface area (Å²) in [5.41, 5.74) is 1.66. The van der Waals surface area contributed by atoms with Crippen LogP contribution in [0.2, 0.25) is 0 Å². The zero-order valence-corrected chi connectivity index (χ0v) is 9.94. The predicted octanol–water partition coefficient (Wildman–Crippen LogP) is 0.668. The summed E-state index contributed by atoms with van der Waals surface area (Å²) in [6.45, 7) is 1.42. The second-order valence-electron chi connectivity index (χ2n) is 4.79. The topological polar surface area (TPSA) is 67.8 Å². The average molecular weight is 249 g/mol. The molecular formula is C13H15NO4. The van der Waals surface area contributed by atoms with Gasteiger partial charge >= 0.3 is 0 Å². The van der Waals surface area contributed by atoms with E-state index in [0.29, 0.717) is 31.1 Å². The first-order valence-corrected chi connectivity index (χ1v) is 5.99.